The summed E-state index contributed by atoms with van der Waals surface area (Å²) in [6, 6.07) is 7.26. The molecule has 0 aliphatic carbocycles. The molecule has 2 aromatic rings. The van der Waals surface area contributed by atoms with Gasteiger partial charge in [-0.1, -0.05) is 6.07 Å². The van der Waals surface area contributed by atoms with Crippen molar-refractivity contribution >= 4 is 5.78 Å². The van der Waals surface area contributed by atoms with Crippen LogP contribution in [-0.4, -0.2) is 23.3 Å². The van der Waals surface area contributed by atoms with Gasteiger partial charge in [-0.15, -0.1) is 0 Å². The summed E-state index contributed by atoms with van der Waals surface area (Å²) >= 11 is 0. The second kappa shape index (κ2) is 5.55. The Labute approximate surface area is 156 Å². The van der Waals surface area contributed by atoms with Gasteiger partial charge in [0.05, 0.1) is 6.42 Å². The molecule has 27 heavy (non-hydrogen) atoms. The Kier molecular flexibility index (Phi) is 3.35. The van der Waals surface area contributed by atoms with Crippen molar-refractivity contribution in [1.29, 1.82) is 0 Å². The number of phenols is 1. The van der Waals surface area contributed by atoms with E-state index >= 15 is 0 Å². The summed E-state index contributed by atoms with van der Waals surface area (Å²) in [7, 11) is 0. The number of ketones is 1. The highest BCUT2D eigenvalue weighted by atomic mass is 16.7. The van der Waals surface area contributed by atoms with Gasteiger partial charge in [0.1, 0.15) is 34.5 Å². The van der Waals surface area contributed by atoms with E-state index in [9.17, 15) is 9.90 Å². The van der Waals surface area contributed by atoms with Gasteiger partial charge in [-0.05, 0) is 44.4 Å². The lowest BCUT2D eigenvalue weighted by atomic mass is 9.89. The van der Waals surface area contributed by atoms with Gasteiger partial charge in [0.2, 0.25) is 6.79 Å². The molecule has 5 rings (SSSR count). The van der Waals surface area contributed by atoms with E-state index in [1.807, 2.05) is 32.0 Å². The van der Waals surface area contributed by atoms with Crippen LogP contribution in [0.25, 0.3) is 0 Å². The number of fused-ring (bicyclic) bond motifs is 3. The average molecular weight is 368 g/mol. The van der Waals surface area contributed by atoms with Crippen LogP contribution in [-0.2, 0) is 6.42 Å². The monoisotopic (exact) mass is 368 g/mol. The van der Waals surface area contributed by atoms with Crippen LogP contribution in [0.4, 0.5) is 0 Å². The number of Topliss-reactive ketones (excluding diaryl/α,β-unsaturated/α-hetero) is 1. The molecule has 1 N–H and O–H groups in total. The summed E-state index contributed by atoms with van der Waals surface area (Å²) in [5, 5.41) is 10.7. The van der Waals surface area contributed by atoms with Crippen LogP contribution in [0.15, 0.2) is 24.3 Å². The number of benzene rings is 2. The fraction of sp³-hybridized carbons (Fsp3) is 0.381. The van der Waals surface area contributed by atoms with Gasteiger partial charge in [0, 0.05) is 11.6 Å². The zero-order valence-corrected chi connectivity index (χ0v) is 15.2. The molecule has 3 aliphatic heterocycles. The lowest BCUT2D eigenvalue weighted by Crippen LogP contribution is -2.33. The quantitative estimate of drug-likeness (QED) is 0.822. The summed E-state index contributed by atoms with van der Waals surface area (Å²) in [5.74, 6) is 2.14. The molecule has 0 saturated heterocycles. The van der Waals surface area contributed by atoms with Crippen molar-refractivity contribution in [2.45, 2.75) is 44.8 Å². The van der Waals surface area contributed by atoms with Gasteiger partial charge in [-0.3, -0.25) is 4.79 Å². The molecular formula is C21H20O6. The van der Waals surface area contributed by atoms with Crippen LogP contribution in [0, 0.1) is 0 Å². The molecule has 0 radical (unpaired) electrons. The van der Waals surface area contributed by atoms with Crippen molar-refractivity contribution in [2.24, 2.45) is 0 Å². The highest BCUT2D eigenvalue weighted by Gasteiger charge is 2.36. The van der Waals surface area contributed by atoms with Gasteiger partial charge in [0.25, 0.3) is 0 Å². The van der Waals surface area contributed by atoms with Crippen molar-refractivity contribution in [3.05, 3.63) is 41.0 Å². The molecule has 1 unspecified atom stereocenters. The first-order valence-corrected chi connectivity index (χ1v) is 9.08. The Morgan fingerprint density at radius 1 is 1.07 bits per heavy atom. The molecule has 2 aromatic carbocycles. The summed E-state index contributed by atoms with van der Waals surface area (Å²) < 4.78 is 22.9. The molecule has 3 aliphatic rings. The lowest BCUT2D eigenvalue weighted by Gasteiger charge is -2.35. The number of phenolic OH excluding ortho intramolecular Hbond substituents is 1. The van der Waals surface area contributed by atoms with Crippen molar-refractivity contribution in [3.8, 4) is 28.7 Å². The van der Waals surface area contributed by atoms with E-state index in [4.69, 9.17) is 18.9 Å². The summed E-state index contributed by atoms with van der Waals surface area (Å²) in [6.45, 7) is 4.21. The van der Waals surface area contributed by atoms with Crippen LogP contribution in [0.3, 0.4) is 0 Å². The minimum atomic E-state index is -0.450. The number of ether oxygens (including phenoxy) is 4. The van der Waals surface area contributed by atoms with E-state index < -0.39 is 6.10 Å². The minimum absolute atomic E-state index is 0.00728. The fourth-order valence-corrected chi connectivity index (χ4v) is 3.90. The van der Waals surface area contributed by atoms with Gasteiger partial charge < -0.3 is 24.1 Å². The molecule has 0 bridgehead atoms. The number of hydrogen-bond acceptors (Lipinski definition) is 6. The van der Waals surface area contributed by atoms with Gasteiger partial charge in [-0.25, -0.2) is 0 Å². The zero-order valence-electron chi connectivity index (χ0n) is 15.2. The SMILES string of the molecule is CC1(C)CCc2c(cc3c(c2O)C(=O)CC(c2ccc4c(c2)OCO4)O3)O1. The number of carbonyl (C=O) groups excluding carboxylic acids is 1. The first kappa shape index (κ1) is 16.3. The molecule has 0 amide bonds. The van der Waals surface area contributed by atoms with E-state index in [1.165, 1.54) is 0 Å². The molecule has 140 valence electrons. The second-order valence-electron chi connectivity index (χ2n) is 7.78. The molecule has 0 fully saturated rings. The summed E-state index contributed by atoms with van der Waals surface area (Å²) in [6.07, 6.45) is 1.15. The second-order valence-corrected chi connectivity index (χ2v) is 7.78. The predicted octanol–water partition coefficient (Wildman–Crippen LogP) is 3.93. The van der Waals surface area contributed by atoms with Crippen LogP contribution in [0.2, 0.25) is 0 Å². The predicted molar refractivity (Wildman–Crippen MR) is 96.0 cm³/mol. The van der Waals surface area contributed by atoms with Gasteiger partial charge in [0.15, 0.2) is 17.3 Å². The number of carbonyl (C=O) groups is 1. The van der Waals surface area contributed by atoms with Crippen LogP contribution >= 0.6 is 0 Å². The lowest BCUT2D eigenvalue weighted by molar-refractivity contribution is 0.0783. The highest BCUT2D eigenvalue weighted by Crippen LogP contribution is 2.48. The Balaban J connectivity index is 1.53. The number of aromatic hydroxyl groups is 1. The van der Waals surface area contributed by atoms with E-state index in [2.05, 4.69) is 0 Å². The normalized spacial score (nSPS) is 21.7. The maximum absolute atomic E-state index is 12.8. The topological polar surface area (TPSA) is 74.2 Å². The standard InChI is InChI=1S/C21H20O6/c1-21(2)6-5-12-16(27-21)9-18-19(20(12)23)13(22)8-15(26-18)11-3-4-14-17(7-11)25-10-24-14/h3-4,7,9,15,23H,5-6,8,10H2,1-2H3. The van der Waals surface area contributed by atoms with Crippen LogP contribution in [0.1, 0.15) is 54.3 Å². The Bertz CT molecular complexity index is 962. The molecular weight excluding hydrogens is 348 g/mol. The summed E-state index contributed by atoms with van der Waals surface area (Å²) in [4.78, 5) is 12.8. The molecule has 0 saturated carbocycles. The Morgan fingerprint density at radius 2 is 1.89 bits per heavy atom. The largest absolute Gasteiger partial charge is 0.507 e. The zero-order chi connectivity index (χ0) is 18.8. The van der Waals surface area contributed by atoms with Crippen molar-refractivity contribution in [2.75, 3.05) is 6.79 Å². The van der Waals surface area contributed by atoms with Crippen molar-refractivity contribution < 1.29 is 28.8 Å². The number of hydrogen-bond donors (Lipinski definition) is 1. The third-order valence-corrected chi connectivity index (χ3v) is 5.38. The fourth-order valence-electron chi connectivity index (χ4n) is 3.90. The molecule has 6 nitrogen and oxygen atoms in total. The van der Waals surface area contributed by atoms with E-state index in [0.29, 0.717) is 35.0 Å². The van der Waals surface area contributed by atoms with E-state index in [-0.39, 0.29) is 35.9 Å². The maximum Gasteiger partial charge on any atom is 0.231 e. The van der Waals surface area contributed by atoms with Gasteiger partial charge >= 0.3 is 0 Å². The number of rotatable bonds is 1. The summed E-state index contributed by atoms with van der Waals surface area (Å²) in [5.41, 5.74) is 1.46. The van der Waals surface area contributed by atoms with Gasteiger partial charge in [-0.2, -0.15) is 0 Å². The Morgan fingerprint density at radius 3 is 2.74 bits per heavy atom. The molecule has 1 atom stereocenters. The third-order valence-electron chi connectivity index (χ3n) is 5.38. The average Bonchev–Trinajstić information content (AvgIpc) is 3.07. The van der Waals surface area contributed by atoms with Crippen molar-refractivity contribution in [1.82, 2.24) is 0 Å². The molecule has 3 heterocycles. The molecule has 6 heteroatoms. The van der Waals surface area contributed by atoms with E-state index in [1.54, 1.807) is 6.07 Å². The first-order chi connectivity index (χ1) is 12.9. The highest BCUT2D eigenvalue weighted by molar-refractivity contribution is 6.03. The smallest absolute Gasteiger partial charge is 0.231 e. The molecule has 0 spiro atoms. The first-order valence-electron chi connectivity index (χ1n) is 9.08. The molecule has 0 aromatic heterocycles. The Hall–Kier alpha value is -2.89. The van der Waals surface area contributed by atoms with Crippen LogP contribution < -0.4 is 18.9 Å². The maximum atomic E-state index is 12.8. The minimum Gasteiger partial charge on any atom is -0.507 e. The van der Waals surface area contributed by atoms with Crippen LogP contribution in [0.5, 0.6) is 28.7 Å². The third kappa shape index (κ3) is 2.59. The van der Waals surface area contributed by atoms with E-state index in [0.717, 1.165) is 12.0 Å². The van der Waals surface area contributed by atoms with Crippen molar-refractivity contribution in [3.63, 3.8) is 0 Å².